The second kappa shape index (κ2) is 6.40. The topological polar surface area (TPSA) is 37.8 Å². The maximum atomic E-state index is 4.23. The van der Waals surface area contributed by atoms with Gasteiger partial charge in [-0.05, 0) is 25.2 Å². The van der Waals surface area contributed by atoms with E-state index in [1.54, 1.807) is 18.1 Å². The van der Waals surface area contributed by atoms with Crippen molar-refractivity contribution in [1.29, 1.82) is 0 Å². The highest BCUT2D eigenvalue weighted by atomic mass is 32.2. The van der Waals surface area contributed by atoms with Crippen LogP contribution in [0.1, 0.15) is 12.5 Å². The number of aromatic nitrogens is 2. The van der Waals surface area contributed by atoms with E-state index in [0.29, 0.717) is 6.04 Å². The van der Waals surface area contributed by atoms with Crippen molar-refractivity contribution < 1.29 is 0 Å². The van der Waals surface area contributed by atoms with Crippen molar-refractivity contribution in [2.75, 3.05) is 11.6 Å². The molecule has 94 valence electrons. The highest BCUT2D eigenvalue weighted by Crippen LogP contribution is 2.15. The van der Waals surface area contributed by atoms with Crippen molar-refractivity contribution in [1.82, 2.24) is 9.97 Å². The first-order chi connectivity index (χ1) is 8.78. The minimum Gasteiger partial charge on any atom is -0.367 e. The van der Waals surface area contributed by atoms with E-state index in [1.807, 2.05) is 18.4 Å². The molecule has 1 aromatic heterocycles. The van der Waals surface area contributed by atoms with Gasteiger partial charge in [0.15, 0.2) is 0 Å². The first kappa shape index (κ1) is 12.9. The minimum atomic E-state index is 0.344. The third-order valence-corrected chi connectivity index (χ3v) is 3.27. The molecule has 1 atom stereocenters. The lowest BCUT2D eigenvalue weighted by Gasteiger charge is -2.14. The SMILES string of the molecule is CSc1cc(NC(C)Cc2ccccc2)ncn1. The van der Waals surface area contributed by atoms with Crippen molar-refractivity contribution in [2.45, 2.75) is 24.4 Å². The highest BCUT2D eigenvalue weighted by molar-refractivity contribution is 7.98. The van der Waals surface area contributed by atoms with Gasteiger partial charge in [-0.2, -0.15) is 0 Å². The molecule has 0 amide bonds. The van der Waals surface area contributed by atoms with Crippen molar-refractivity contribution >= 4 is 17.6 Å². The molecule has 0 saturated heterocycles. The van der Waals surface area contributed by atoms with Gasteiger partial charge in [0.05, 0.1) is 0 Å². The minimum absolute atomic E-state index is 0.344. The van der Waals surface area contributed by atoms with E-state index in [9.17, 15) is 0 Å². The number of nitrogens with zero attached hydrogens (tertiary/aromatic N) is 2. The molecule has 2 rings (SSSR count). The molecule has 1 unspecified atom stereocenters. The quantitative estimate of drug-likeness (QED) is 0.661. The second-order valence-electron chi connectivity index (χ2n) is 4.18. The standard InChI is InChI=1S/C14H17N3S/c1-11(8-12-6-4-3-5-7-12)17-13-9-14(18-2)16-10-15-13/h3-7,9-11H,8H2,1-2H3,(H,15,16,17). The normalized spacial score (nSPS) is 12.1. The van der Waals surface area contributed by atoms with Gasteiger partial charge in [-0.15, -0.1) is 11.8 Å². The van der Waals surface area contributed by atoms with Crippen molar-refractivity contribution in [2.24, 2.45) is 0 Å². The summed E-state index contributed by atoms with van der Waals surface area (Å²) in [7, 11) is 0. The van der Waals surface area contributed by atoms with E-state index in [4.69, 9.17) is 0 Å². The number of rotatable bonds is 5. The van der Waals surface area contributed by atoms with Gasteiger partial charge in [0.25, 0.3) is 0 Å². The smallest absolute Gasteiger partial charge is 0.130 e. The summed E-state index contributed by atoms with van der Waals surface area (Å²) < 4.78 is 0. The number of nitrogens with one attached hydrogen (secondary N) is 1. The number of benzene rings is 1. The van der Waals surface area contributed by atoms with Gasteiger partial charge in [0, 0.05) is 12.1 Å². The zero-order chi connectivity index (χ0) is 12.8. The van der Waals surface area contributed by atoms with Crippen LogP contribution in [0.25, 0.3) is 0 Å². The average molecular weight is 259 g/mol. The lowest BCUT2D eigenvalue weighted by molar-refractivity contribution is 0.781. The highest BCUT2D eigenvalue weighted by Gasteiger charge is 2.05. The maximum absolute atomic E-state index is 4.23. The van der Waals surface area contributed by atoms with Crippen LogP contribution in [0.2, 0.25) is 0 Å². The second-order valence-corrected chi connectivity index (χ2v) is 5.01. The van der Waals surface area contributed by atoms with Crippen LogP contribution in [0.3, 0.4) is 0 Å². The summed E-state index contributed by atoms with van der Waals surface area (Å²) in [5, 5.41) is 4.39. The fraction of sp³-hybridized carbons (Fsp3) is 0.286. The van der Waals surface area contributed by atoms with Gasteiger partial charge < -0.3 is 5.32 Å². The van der Waals surface area contributed by atoms with Gasteiger partial charge in [0.1, 0.15) is 17.2 Å². The van der Waals surface area contributed by atoms with Gasteiger partial charge in [-0.1, -0.05) is 30.3 Å². The molecule has 0 bridgehead atoms. The molecule has 3 nitrogen and oxygen atoms in total. The monoisotopic (exact) mass is 259 g/mol. The van der Waals surface area contributed by atoms with Crippen molar-refractivity contribution in [3.05, 3.63) is 48.3 Å². The summed E-state index contributed by atoms with van der Waals surface area (Å²) in [5.41, 5.74) is 1.33. The lowest BCUT2D eigenvalue weighted by atomic mass is 10.1. The lowest BCUT2D eigenvalue weighted by Crippen LogP contribution is -2.18. The van der Waals surface area contributed by atoms with Crippen LogP contribution in [0.5, 0.6) is 0 Å². The molecule has 0 saturated carbocycles. The van der Waals surface area contributed by atoms with Gasteiger partial charge in [0.2, 0.25) is 0 Å². The molecule has 0 fully saturated rings. The summed E-state index contributed by atoms with van der Waals surface area (Å²) in [5.74, 6) is 0.887. The van der Waals surface area contributed by atoms with Crippen LogP contribution in [-0.2, 0) is 6.42 Å². The first-order valence-electron chi connectivity index (χ1n) is 5.94. The molecule has 1 aromatic carbocycles. The molecule has 0 aliphatic heterocycles. The molecule has 1 N–H and O–H groups in total. The fourth-order valence-electron chi connectivity index (χ4n) is 1.80. The van der Waals surface area contributed by atoms with Gasteiger partial charge in [-0.25, -0.2) is 9.97 Å². The third kappa shape index (κ3) is 3.74. The molecule has 2 aromatic rings. The van der Waals surface area contributed by atoms with Crippen molar-refractivity contribution in [3.63, 3.8) is 0 Å². The Morgan fingerprint density at radius 2 is 2.00 bits per heavy atom. The summed E-state index contributed by atoms with van der Waals surface area (Å²) in [6.07, 6.45) is 4.60. The van der Waals surface area contributed by atoms with Crippen LogP contribution in [0.4, 0.5) is 5.82 Å². The predicted octanol–water partition coefficient (Wildman–Crippen LogP) is 3.24. The average Bonchev–Trinajstić information content (AvgIpc) is 2.40. The van der Waals surface area contributed by atoms with Crippen LogP contribution in [0.15, 0.2) is 47.8 Å². The van der Waals surface area contributed by atoms with E-state index in [2.05, 4.69) is 46.5 Å². The van der Waals surface area contributed by atoms with Crippen molar-refractivity contribution in [3.8, 4) is 0 Å². The van der Waals surface area contributed by atoms with Crippen LogP contribution in [0, 0.1) is 0 Å². The van der Waals surface area contributed by atoms with E-state index in [0.717, 1.165) is 17.3 Å². The third-order valence-electron chi connectivity index (χ3n) is 2.63. The Kier molecular flexibility index (Phi) is 4.59. The number of hydrogen-bond donors (Lipinski definition) is 1. The zero-order valence-corrected chi connectivity index (χ0v) is 11.4. The zero-order valence-electron chi connectivity index (χ0n) is 10.6. The summed E-state index contributed by atoms with van der Waals surface area (Å²) in [4.78, 5) is 8.39. The summed E-state index contributed by atoms with van der Waals surface area (Å²) >= 11 is 1.62. The number of thioether (sulfide) groups is 1. The van der Waals surface area contributed by atoms with E-state index >= 15 is 0 Å². The van der Waals surface area contributed by atoms with Crippen LogP contribution < -0.4 is 5.32 Å². The largest absolute Gasteiger partial charge is 0.367 e. The fourth-order valence-corrected chi connectivity index (χ4v) is 2.18. The molecular weight excluding hydrogens is 242 g/mol. The van der Waals surface area contributed by atoms with Gasteiger partial charge >= 0.3 is 0 Å². The Morgan fingerprint density at radius 3 is 2.72 bits per heavy atom. The number of anilines is 1. The van der Waals surface area contributed by atoms with Crippen LogP contribution in [-0.4, -0.2) is 22.3 Å². The first-order valence-corrected chi connectivity index (χ1v) is 7.17. The molecule has 0 radical (unpaired) electrons. The molecule has 0 aliphatic carbocycles. The molecule has 18 heavy (non-hydrogen) atoms. The Balaban J connectivity index is 1.96. The van der Waals surface area contributed by atoms with Gasteiger partial charge in [-0.3, -0.25) is 0 Å². The summed E-state index contributed by atoms with van der Waals surface area (Å²) in [6.45, 7) is 2.16. The molecule has 0 aliphatic rings. The molecule has 0 spiro atoms. The predicted molar refractivity (Wildman–Crippen MR) is 77.0 cm³/mol. The Bertz CT molecular complexity index is 487. The molecule has 4 heteroatoms. The Labute approximate surface area is 112 Å². The van der Waals surface area contributed by atoms with E-state index in [1.165, 1.54) is 5.56 Å². The Hall–Kier alpha value is -1.55. The van der Waals surface area contributed by atoms with E-state index in [-0.39, 0.29) is 0 Å². The van der Waals surface area contributed by atoms with Crippen LogP contribution >= 0.6 is 11.8 Å². The maximum Gasteiger partial charge on any atom is 0.130 e. The summed E-state index contributed by atoms with van der Waals surface area (Å²) in [6, 6.07) is 12.8. The van der Waals surface area contributed by atoms with E-state index < -0.39 is 0 Å². The number of hydrogen-bond acceptors (Lipinski definition) is 4. The molecule has 1 heterocycles. The Morgan fingerprint density at radius 1 is 1.22 bits per heavy atom. The molecular formula is C14H17N3S.